The molecule has 2 fully saturated rings. The molecule has 1 aromatic rings. The van der Waals surface area contributed by atoms with E-state index in [2.05, 4.69) is 36.6 Å². The van der Waals surface area contributed by atoms with Gasteiger partial charge >= 0.3 is 0 Å². The maximum atomic E-state index is 5.87. The highest BCUT2D eigenvalue weighted by Gasteiger charge is 2.19. The van der Waals surface area contributed by atoms with Crippen LogP contribution in [0.5, 0.6) is 0 Å². The highest BCUT2D eigenvalue weighted by Crippen LogP contribution is 2.13. The third-order valence-corrected chi connectivity index (χ3v) is 4.26. The zero-order chi connectivity index (χ0) is 15.4. The number of rotatable bonds is 4. The third kappa shape index (κ3) is 3.82. The predicted molar refractivity (Wildman–Crippen MR) is 84.7 cm³/mol. The van der Waals surface area contributed by atoms with Gasteiger partial charge in [0.15, 0.2) is 0 Å². The lowest BCUT2D eigenvalue weighted by molar-refractivity contribution is 0.121. The van der Waals surface area contributed by atoms with Crippen molar-refractivity contribution in [2.24, 2.45) is 0 Å². The van der Waals surface area contributed by atoms with Crippen LogP contribution < -0.4 is 10.6 Å². The molecule has 8 nitrogen and oxygen atoms in total. The van der Waals surface area contributed by atoms with E-state index >= 15 is 0 Å². The number of morpholine rings is 1. The Hall–Kier alpha value is -1.51. The summed E-state index contributed by atoms with van der Waals surface area (Å²) < 4.78 is 5.37. The van der Waals surface area contributed by atoms with Crippen LogP contribution in [-0.2, 0) is 11.3 Å². The van der Waals surface area contributed by atoms with E-state index in [0.717, 1.165) is 58.2 Å². The highest BCUT2D eigenvalue weighted by molar-refractivity contribution is 5.35. The lowest BCUT2D eigenvalue weighted by atomic mass is 10.3. The molecular weight excluding hydrogens is 282 g/mol. The van der Waals surface area contributed by atoms with E-state index in [4.69, 9.17) is 10.5 Å². The second kappa shape index (κ2) is 7.17. The molecule has 3 rings (SSSR count). The number of aromatic nitrogens is 3. The van der Waals surface area contributed by atoms with Gasteiger partial charge in [0.25, 0.3) is 0 Å². The topological polar surface area (TPSA) is 83.6 Å². The SMILES string of the molecule is CCN1CCN(Cc2nc(N)nc(N3CCOCC3)n2)CC1. The van der Waals surface area contributed by atoms with Crippen LogP contribution in [0, 0.1) is 0 Å². The van der Waals surface area contributed by atoms with Gasteiger partial charge in [-0.05, 0) is 6.54 Å². The van der Waals surface area contributed by atoms with Crippen molar-refractivity contribution in [3.63, 3.8) is 0 Å². The van der Waals surface area contributed by atoms with Crippen LogP contribution in [0.25, 0.3) is 0 Å². The number of hydrogen-bond donors (Lipinski definition) is 1. The third-order valence-electron chi connectivity index (χ3n) is 4.26. The van der Waals surface area contributed by atoms with Crippen LogP contribution in [0.1, 0.15) is 12.7 Å². The summed E-state index contributed by atoms with van der Waals surface area (Å²) >= 11 is 0. The molecular formula is C14H25N7O. The summed E-state index contributed by atoms with van der Waals surface area (Å²) in [6, 6.07) is 0. The van der Waals surface area contributed by atoms with Gasteiger partial charge in [0.05, 0.1) is 19.8 Å². The minimum absolute atomic E-state index is 0.304. The van der Waals surface area contributed by atoms with Crippen molar-refractivity contribution in [2.75, 3.05) is 69.7 Å². The molecule has 8 heteroatoms. The number of likely N-dealkylation sites (N-methyl/N-ethyl adjacent to an activating group) is 1. The van der Waals surface area contributed by atoms with Crippen molar-refractivity contribution in [1.29, 1.82) is 0 Å². The van der Waals surface area contributed by atoms with E-state index in [0.29, 0.717) is 25.1 Å². The van der Waals surface area contributed by atoms with E-state index in [-0.39, 0.29) is 0 Å². The number of piperazine rings is 1. The lowest BCUT2D eigenvalue weighted by Crippen LogP contribution is -2.45. The first kappa shape index (κ1) is 15.4. The van der Waals surface area contributed by atoms with Gasteiger partial charge in [-0.3, -0.25) is 4.90 Å². The van der Waals surface area contributed by atoms with Crippen molar-refractivity contribution in [1.82, 2.24) is 24.8 Å². The second-order valence-corrected chi connectivity index (χ2v) is 5.72. The van der Waals surface area contributed by atoms with Crippen LogP contribution in [0.4, 0.5) is 11.9 Å². The van der Waals surface area contributed by atoms with E-state index < -0.39 is 0 Å². The maximum absolute atomic E-state index is 5.87. The molecule has 2 aliphatic rings. The van der Waals surface area contributed by atoms with Crippen LogP contribution in [0.15, 0.2) is 0 Å². The summed E-state index contributed by atoms with van der Waals surface area (Å²) in [6.07, 6.45) is 0. The smallest absolute Gasteiger partial charge is 0.230 e. The number of nitrogens with zero attached hydrogens (tertiary/aromatic N) is 6. The van der Waals surface area contributed by atoms with Gasteiger partial charge in [0.2, 0.25) is 11.9 Å². The van der Waals surface area contributed by atoms with Crippen LogP contribution >= 0.6 is 0 Å². The van der Waals surface area contributed by atoms with Gasteiger partial charge in [-0.2, -0.15) is 15.0 Å². The molecule has 0 atom stereocenters. The molecule has 0 radical (unpaired) electrons. The largest absolute Gasteiger partial charge is 0.378 e. The first-order valence-electron chi connectivity index (χ1n) is 8.02. The molecule has 122 valence electrons. The van der Waals surface area contributed by atoms with Crippen LogP contribution in [0.2, 0.25) is 0 Å². The summed E-state index contributed by atoms with van der Waals surface area (Å²) in [5.74, 6) is 1.75. The van der Waals surface area contributed by atoms with Gasteiger partial charge in [-0.15, -0.1) is 0 Å². The number of anilines is 2. The first-order valence-corrected chi connectivity index (χ1v) is 8.02. The molecule has 0 amide bonds. The molecule has 22 heavy (non-hydrogen) atoms. The quantitative estimate of drug-likeness (QED) is 0.791. The number of hydrogen-bond acceptors (Lipinski definition) is 8. The zero-order valence-electron chi connectivity index (χ0n) is 13.2. The van der Waals surface area contributed by atoms with Crippen molar-refractivity contribution in [3.05, 3.63) is 5.82 Å². The molecule has 0 aromatic carbocycles. The van der Waals surface area contributed by atoms with E-state index in [1.807, 2.05) is 0 Å². The molecule has 0 bridgehead atoms. The minimum atomic E-state index is 0.304. The van der Waals surface area contributed by atoms with Crippen molar-refractivity contribution in [3.8, 4) is 0 Å². The zero-order valence-corrected chi connectivity index (χ0v) is 13.2. The molecule has 3 heterocycles. The normalized spacial score (nSPS) is 21.2. The summed E-state index contributed by atoms with van der Waals surface area (Å²) in [6.45, 7) is 11.4. The molecule has 2 N–H and O–H groups in total. The van der Waals surface area contributed by atoms with Crippen LogP contribution in [-0.4, -0.2) is 83.8 Å². The average Bonchev–Trinajstić information content (AvgIpc) is 2.56. The number of nitrogen functional groups attached to an aromatic ring is 1. The fourth-order valence-electron chi connectivity index (χ4n) is 2.86. The van der Waals surface area contributed by atoms with Crippen LogP contribution in [0.3, 0.4) is 0 Å². The van der Waals surface area contributed by atoms with Gasteiger partial charge in [-0.25, -0.2) is 0 Å². The summed E-state index contributed by atoms with van der Waals surface area (Å²) in [4.78, 5) is 20.1. The van der Waals surface area contributed by atoms with Crippen molar-refractivity contribution < 1.29 is 4.74 Å². The Balaban J connectivity index is 1.64. The monoisotopic (exact) mass is 307 g/mol. The Morgan fingerprint density at radius 2 is 1.64 bits per heavy atom. The predicted octanol–water partition coefficient (Wildman–Crippen LogP) is -0.572. The number of nitrogens with two attached hydrogens (primary N) is 1. The van der Waals surface area contributed by atoms with E-state index in [1.165, 1.54) is 0 Å². The highest BCUT2D eigenvalue weighted by atomic mass is 16.5. The molecule has 0 aliphatic carbocycles. The molecule has 2 aliphatic heterocycles. The second-order valence-electron chi connectivity index (χ2n) is 5.72. The Morgan fingerprint density at radius 3 is 2.32 bits per heavy atom. The Kier molecular flexibility index (Phi) is 5.01. The van der Waals surface area contributed by atoms with Crippen molar-refractivity contribution >= 4 is 11.9 Å². The number of ether oxygens (including phenoxy) is 1. The molecule has 0 spiro atoms. The summed E-state index contributed by atoms with van der Waals surface area (Å²) in [7, 11) is 0. The van der Waals surface area contributed by atoms with E-state index in [1.54, 1.807) is 0 Å². The maximum Gasteiger partial charge on any atom is 0.230 e. The molecule has 2 saturated heterocycles. The van der Waals surface area contributed by atoms with Crippen molar-refractivity contribution in [2.45, 2.75) is 13.5 Å². The minimum Gasteiger partial charge on any atom is -0.378 e. The van der Waals surface area contributed by atoms with E-state index in [9.17, 15) is 0 Å². The first-order chi connectivity index (χ1) is 10.7. The average molecular weight is 307 g/mol. The Morgan fingerprint density at radius 1 is 0.955 bits per heavy atom. The standard InChI is InChI=1S/C14H25N7O/c1-2-19-3-5-20(6-4-19)11-12-16-13(15)18-14(17-12)21-7-9-22-10-8-21/h2-11H2,1H3,(H2,15,16,17,18). The van der Waals surface area contributed by atoms with Gasteiger partial charge in [0.1, 0.15) is 5.82 Å². The molecule has 0 saturated carbocycles. The van der Waals surface area contributed by atoms with Gasteiger partial charge < -0.3 is 20.3 Å². The molecule has 0 unspecified atom stereocenters. The molecule has 1 aromatic heterocycles. The summed E-state index contributed by atoms with van der Waals surface area (Å²) in [5.41, 5.74) is 5.87. The fourth-order valence-corrected chi connectivity index (χ4v) is 2.86. The summed E-state index contributed by atoms with van der Waals surface area (Å²) in [5, 5.41) is 0. The van der Waals surface area contributed by atoms with Gasteiger partial charge in [-0.1, -0.05) is 6.92 Å². The fraction of sp³-hybridized carbons (Fsp3) is 0.786. The Bertz CT molecular complexity index is 484. The lowest BCUT2D eigenvalue weighted by Gasteiger charge is -2.33. The van der Waals surface area contributed by atoms with Gasteiger partial charge in [0, 0.05) is 39.3 Å². The Labute approximate surface area is 131 Å².